The molecule has 0 aromatic carbocycles. The summed E-state index contributed by atoms with van der Waals surface area (Å²) in [5.41, 5.74) is 0.796. The van der Waals surface area contributed by atoms with Crippen molar-refractivity contribution in [1.29, 1.82) is 0 Å². The quantitative estimate of drug-likeness (QED) is 0.701. The summed E-state index contributed by atoms with van der Waals surface area (Å²) in [7, 11) is 1.80. The fourth-order valence-corrected chi connectivity index (χ4v) is 1.17. The first-order valence-electron chi connectivity index (χ1n) is 3.72. The monoisotopic (exact) mass is 196 g/mol. The number of nitrogens with one attached hydrogen (secondary N) is 1. The predicted molar refractivity (Wildman–Crippen MR) is 48.6 cm³/mol. The summed E-state index contributed by atoms with van der Waals surface area (Å²) in [6.07, 6.45) is 1.39. The highest BCUT2D eigenvalue weighted by Gasteiger charge is 2.10. The standard InChI is InChI=1S/C7H8N4OS/c1-4-5(12-3-8-4)6-9-7(13)11(2)10-6/h3H,1-2H3,(H,9,10,13). The third-order valence-electron chi connectivity index (χ3n) is 1.73. The minimum Gasteiger partial charge on any atom is -0.440 e. The molecule has 1 N–H and O–H groups in total. The highest BCUT2D eigenvalue weighted by atomic mass is 32.1. The van der Waals surface area contributed by atoms with Crippen molar-refractivity contribution in [3.05, 3.63) is 16.9 Å². The van der Waals surface area contributed by atoms with Crippen LogP contribution >= 0.6 is 12.2 Å². The molecule has 2 rings (SSSR count). The molecule has 0 bridgehead atoms. The molecular formula is C7H8N4OS. The van der Waals surface area contributed by atoms with E-state index in [0.29, 0.717) is 16.4 Å². The van der Waals surface area contributed by atoms with Crippen LogP contribution in [0.1, 0.15) is 5.69 Å². The van der Waals surface area contributed by atoms with Crippen molar-refractivity contribution >= 4 is 12.2 Å². The maximum absolute atomic E-state index is 5.15. The Morgan fingerprint density at radius 1 is 1.62 bits per heavy atom. The maximum atomic E-state index is 5.15. The average Bonchev–Trinajstić information content (AvgIpc) is 2.60. The molecule has 68 valence electrons. The van der Waals surface area contributed by atoms with Crippen LogP contribution < -0.4 is 0 Å². The largest absolute Gasteiger partial charge is 0.440 e. The lowest BCUT2D eigenvalue weighted by Gasteiger charge is -1.89. The van der Waals surface area contributed by atoms with Crippen LogP contribution in [0.15, 0.2) is 10.8 Å². The molecule has 0 aliphatic carbocycles. The van der Waals surface area contributed by atoms with Crippen molar-refractivity contribution in [3.8, 4) is 11.6 Å². The van der Waals surface area contributed by atoms with Gasteiger partial charge in [-0.2, -0.15) is 4.98 Å². The smallest absolute Gasteiger partial charge is 0.216 e. The Bertz CT molecular complexity index is 481. The first-order chi connectivity index (χ1) is 6.18. The van der Waals surface area contributed by atoms with Gasteiger partial charge in [0.05, 0.1) is 5.69 Å². The molecule has 2 aromatic rings. The van der Waals surface area contributed by atoms with Crippen LogP contribution in [0.25, 0.3) is 11.6 Å². The molecule has 0 saturated heterocycles. The van der Waals surface area contributed by atoms with Crippen molar-refractivity contribution < 1.29 is 4.42 Å². The number of hydrogen-bond donors (Lipinski definition) is 1. The second kappa shape index (κ2) is 2.81. The second-order valence-corrected chi connectivity index (χ2v) is 3.05. The summed E-state index contributed by atoms with van der Waals surface area (Å²) >= 11 is 4.95. The van der Waals surface area contributed by atoms with E-state index in [1.807, 2.05) is 6.92 Å². The van der Waals surface area contributed by atoms with Crippen molar-refractivity contribution in [2.24, 2.45) is 7.05 Å². The molecule has 0 unspecified atom stereocenters. The number of nitrogens with zero attached hydrogens (tertiary/aromatic N) is 3. The van der Waals surface area contributed by atoms with Crippen molar-refractivity contribution in [2.45, 2.75) is 6.92 Å². The molecule has 0 saturated carbocycles. The fourth-order valence-electron chi connectivity index (χ4n) is 1.03. The van der Waals surface area contributed by atoms with Gasteiger partial charge in [0.2, 0.25) is 4.77 Å². The lowest BCUT2D eigenvalue weighted by Crippen LogP contribution is -1.89. The Labute approximate surface area is 79.4 Å². The van der Waals surface area contributed by atoms with Crippen LogP contribution in [0.3, 0.4) is 0 Å². The van der Waals surface area contributed by atoms with E-state index < -0.39 is 0 Å². The second-order valence-electron chi connectivity index (χ2n) is 2.68. The zero-order valence-electron chi connectivity index (χ0n) is 7.24. The number of aromatic nitrogens is 4. The van der Waals surface area contributed by atoms with E-state index in [1.54, 1.807) is 11.7 Å². The molecule has 0 amide bonds. The Hall–Kier alpha value is -1.43. The van der Waals surface area contributed by atoms with Crippen LogP contribution in [-0.4, -0.2) is 19.7 Å². The molecular weight excluding hydrogens is 188 g/mol. The summed E-state index contributed by atoms with van der Waals surface area (Å²) < 4.78 is 7.29. The van der Waals surface area contributed by atoms with Gasteiger partial charge in [-0.05, 0) is 19.1 Å². The van der Waals surface area contributed by atoms with Gasteiger partial charge in [-0.25, -0.2) is 4.98 Å². The number of hydrogen-bond acceptors (Lipinski definition) is 4. The van der Waals surface area contributed by atoms with Gasteiger partial charge in [-0.1, -0.05) is 0 Å². The van der Waals surface area contributed by atoms with Gasteiger partial charge in [0.1, 0.15) is 0 Å². The Kier molecular flexibility index (Phi) is 1.77. The third-order valence-corrected chi connectivity index (χ3v) is 2.09. The van der Waals surface area contributed by atoms with Gasteiger partial charge < -0.3 is 4.42 Å². The predicted octanol–water partition coefficient (Wildman–Crippen LogP) is 1.44. The lowest BCUT2D eigenvalue weighted by molar-refractivity contribution is 0.565. The van der Waals surface area contributed by atoms with E-state index in [0.717, 1.165) is 5.69 Å². The molecule has 0 radical (unpaired) electrons. The van der Waals surface area contributed by atoms with E-state index in [-0.39, 0.29) is 0 Å². The molecule has 0 atom stereocenters. The highest BCUT2D eigenvalue weighted by Crippen LogP contribution is 2.17. The highest BCUT2D eigenvalue weighted by molar-refractivity contribution is 7.71. The Morgan fingerprint density at radius 3 is 2.85 bits per heavy atom. The molecule has 2 aromatic heterocycles. The Morgan fingerprint density at radius 2 is 2.38 bits per heavy atom. The fraction of sp³-hybridized carbons (Fsp3) is 0.286. The van der Waals surface area contributed by atoms with E-state index in [4.69, 9.17) is 16.6 Å². The van der Waals surface area contributed by atoms with Crippen molar-refractivity contribution in [2.75, 3.05) is 0 Å². The van der Waals surface area contributed by atoms with Crippen LogP contribution in [0.2, 0.25) is 0 Å². The normalized spacial score (nSPS) is 10.6. The van der Waals surface area contributed by atoms with Gasteiger partial charge in [0.25, 0.3) is 0 Å². The van der Waals surface area contributed by atoms with Gasteiger partial charge in [-0.3, -0.25) is 9.78 Å². The van der Waals surface area contributed by atoms with E-state index in [1.165, 1.54) is 6.39 Å². The molecule has 5 nitrogen and oxygen atoms in total. The van der Waals surface area contributed by atoms with E-state index in [2.05, 4.69) is 15.1 Å². The Balaban J connectivity index is 2.59. The minimum absolute atomic E-state index is 0.491. The molecule has 6 heteroatoms. The van der Waals surface area contributed by atoms with Crippen LogP contribution in [-0.2, 0) is 7.05 Å². The summed E-state index contributed by atoms with van der Waals surface area (Å²) in [5, 5.41) is 2.96. The summed E-state index contributed by atoms with van der Waals surface area (Å²) in [6.45, 7) is 1.85. The van der Waals surface area contributed by atoms with Gasteiger partial charge in [-0.15, -0.1) is 0 Å². The average molecular weight is 196 g/mol. The number of aryl methyl sites for hydroxylation is 2. The number of oxazole rings is 1. The maximum Gasteiger partial charge on any atom is 0.216 e. The van der Waals surface area contributed by atoms with Gasteiger partial charge in [0.15, 0.2) is 18.0 Å². The van der Waals surface area contributed by atoms with Crippen LogP contribution in [0.4, 0.5) is 0 Å². The zero-order chi connectivity index (χ0) is 9.42. The molecule has 0 aliphatic heterocycles. The lowest BCUT2D eigenvalue weighted by atomic mass is 10.3. The van der Waals surface area contributed by atoms with Crippen molar-refractivity contribution in [1.82, 2.24) is 19.7 Å². The molecule has 0 spiro atoms. The summed E-state index contributed by atoms with van der Waals surface area (Å²) in [6, 6.07) is 0. The number of H-pyrrole nitrogens is 1. The van der Waals surface area contributed by atoms with E-state index >= 15 is 0 Å². The zero-order valence-corrected chi connectivity index (χ0v) is 8.05. The van der Waals surface area contributed by atoms with Gasteiger partial charge >= 0.3 is 0 Å². The van der Waals surface area contributed by atoms with Crippen LogP contribution in [0, 0.1) is 11.7 Å². The SMILES string of the molecule is Cc1ncoc1-c1nc(=S)n(C)[nH]1. The third kappa shape index (κ3) is 1.29. The summed E-state index contributed by atoms with van der Waals surface area (Å²) in [5.74, 6) is 1.24. The number of aromatic amines is 1. The minimum atomic E-state index is 0.491. The van der Waals surface area contributed by atoms with Crippen LogP contribution in [0.5, 0.6) is 0 Å². The van der Waals surface area contributed by atoms with E-state index in [9.17, 15) is 0 Å². The molecule has 0 fully saturated rings. The topological polar surface area (TPSA) is 59.6 Å². The van der Waals surface area contributed by atoms with Crippen molar-refractivity contribution in [3.63, 3.8) is 0 Å². The molecule has 2 heterocycles. The molecule has 13 heavy (non-hydrogen) atoms. The first-order valence-corrected chi connectivity index (χ1v) is 4.13. The summed E-state index contributed by atoms with van der Waals surface area (Å²) in [4.78, 5) is 8.06. The number of rotatable bonds is 1. The first kappa shape index (κ1) is 8.18. The molecule has 0 aliphatic rings. The van der Waals surface area contributed by atoms with Gasteiger partial charge in [0, 0.05) is 7.05 Å².